The van der Waals surface area contributed by atoms with Crippen molar-refractivity contribution < 1.29 is 22.7 Å². The number of rotatable bonds is 10. The summed E-state index contributed by atoms with van der Waals surface area (Å²) in [5, 5.41) is 2.81. The maximum absolute atomic E-state index is 12.7. The van der Waals surface area contributed by atoms with Crippen molar-refractivity contribution >= 4 is 15.9 Å². The highest BCUT2D eigenvalue weighted by molar-refractivity contribution is 7.88. The fraction of sp³-hybridized carbons (Fsp3) is 0.526. The van der Waals surface area contributed by atoms with Crippen molar-refractivity contribution in [3.63, 3.8) is 0 Å². The molecule has 1 aromatic carbocycles. The van der Waals surface area contributed by atoms with Crippen LogP contribution in [-0.4, -0.2) is 57.6 Å². The van der Waals surface area contributed by atoms with Crippen LogP contribution < -0.4 is 5.32 Å². The number of hydrogen-bond donors (Lipinski definition) is 1. The molecular weight excluding hydrogens is 368 g/mol. The third-order valence-corrected chi connectivity index (χ3v) is 6.16. The average Bonchev–Trinajstić information content (AvgIpc) is 2.67. The lowest BCUT2D eigenvalue weighted by Crippen LogP contribution is -2.41. The Morgan fingerprint density at radius 1 is 1.33 bits per heavy atom. The molecule has 1 N–H and O–H groups in total. The number of nitrogens with zero attached hydrogens (tertiary/aromatic N) is 1. The van der Waals surface area contributed by atoms with Gasteiger partial charge in [-0.05, 0) is 24.5 Å². The predicted molar refractivity (Wildman–Crippen MR) is 104 cm³/mol. The SMILES string of the molecule is C=CCCOC(C)C(=O)NCc1ccccc1CS(=O)(=O)N1CCOCC1. The van der Waals surface area contributed by atoms with Crippen molar-refractivity contribution in [2.45, 2.75) is 31.7 Å². The Morgan fingerprint density at radius 3 is 2.67 bits per heavy atom. The Hall–Kier alpha value is -1.74. The molecule has 1 heterocycles. The minimum atomic E-state index is -3.42. The average molecular weight is 397 g/mol. The molecule has 1 aliphatic rings. The molecule has 0 saturated carbocycles. The largest absolute Gasteiger partial charge is 0.379 e. The monoisotopic (exact) mass is 396 g/mol. The Bertz CT molecular complexity index is 729. The van der Waals surface area contributed by atoms with E-state index in [4.69, 9.17) is 9.47 Å². The van der Waals surface area contributed by atoms with Gasteiger partial charge < -0.3 is 14.8 Å². The maximum atomic E-state index is 12.7. The van der Waals surface area contributed by atoms with Gasteiger partial charge in [0.25, 0.3) is 0 Å². The van der Waals surface area contributed by atoms with Gasteiger partial charge in [-0.15, -0.1) is 6.58 Å². The zero-order valence-corrected chi connectivity index (χ0v) is 16.5. The highest BCUT2D eigenvalue weighted by Crippen LogP contribution is 2.16. The van der Waals surface area contributed by atoms with E-state index in [9.17, 15) is 13.2 Å². The number of nitrogens with one attached hydrogen (secondary N) is 1. The minimum absolute atomic E-state index is 0.0928. The van der Waals surface area contributed by atoms with Crippen molar-refractivity contribution in [1.29, 1.82) is 0 Å². The molecule has 1 amide bonds. The van der Waals surface area contributed by atoms with Crippen LogP contribution in [-0.2, 0) is 36.6 Å². The van der Waals surface area contributed by atoms with Gasteiger partial charge in [-0.1, -0.05) is 30.3 Å². The van der Waals surface area contributed by atoms with E-state index in [-0.39, 0.29) is 18.2 Å². The van der Waals surface area contributed by atoms with E-state index in [2.05, 4.69) is 11.9 Å². The van der Waals surface area contributed by atoms with Crippen LogP contribution in [0.5, 0.6) is 0 Å². The summed E-state index contributed by atoms with van der Waals surface area (Å²) in [4.78, 5) is 12.2. The summed E-state index contributed by atoms with van der Waals surface area (Å²) in [5.74, 6) is -0.324. The van der Waals surface area contributed by atoms with E-state index in [1.54, 1.807) is 25.1 Å². The molecule has 0 radical (unpaired) electrons. The van der Waals surface area contributed by atoms with Gasteiger partial charge in [0, 0.05) is 19.6 Å². The van der Waals surface area contributed by atoms with Crippen LogP contribution in [0.25, 0.3) is 0 Å². The fourth-order valence-corrected chi connectivity index (χ4v) is 4.28. The molecule has 8 heteroatoms. The summed E-state index contributed by atoms with van der Waals surface area (Å²) in [6.45, 7) is 7.57. The predicted octanol–water partition coefficient (Wildman–Crippen LogP) is 1.45. The molecule has 2 rings (SSSR count). The number of amides is 1. The maximum Gasteiger partial charge on any atom is 0.249 e. The first-order chi connectivity index (χ1) is 12.9. The van der Waals surface area contributed by atoms with Crippen LogP contribution in [0.3, 0.4) is 0 Å². The Morgan fingerprint density at radius 2 is 2.00 bits per heavy atom. The van der Waals surface area contributed by atoms with E-state index in [1.165, 1.54) is 4.31 Å². The van der Waals surface area contributed by atoms with Crippen LogP contribution >= 0.6 is 0 Å². The Balaban J connectivity index is 1.96. The first kappa shape index (κ1) is 21.6. The van der Waals surface area contributed by atoms with Gasteiger partial charge in [0.2, 0.25) is 15.9 Å². The van der Waals surface area contributed by atoms with E-state index in [0.29, 0.717) is 44.9 Å². The molecule has 27 heavy (non-hydrogen) atoms. The molecule has 7 nitrogen and oxygen atoms in total. The zero-order chi connectivity index (χ0) is 19.7. The molecule has 1 unspecified atom stereocenters. The molecule has 1 saturated heterocycles. The van der Waals surface area contributed by atoms with Crippen molar-refractivity contribution in [2.75, 3.05) is 32.9 Å². The molecule has 0 bridgehead atoms. The molecule has 1 fully saturated rings. The van der Waals surface area contributed by atoms with Gasteiger partial charge in [0.05, 0.1) is 25.6 Å². The molecule has 0 aliphatic carbocycles. The zero-order valence-electron chi connectivity index (χ0n) is 15.7. The van der Waals surface area contributed by atoms with Crippen molar-refractivity contribution in [3.8, 4) is 0 Å². The third kappa shape index (κ3) is 6.73. The topological polar surface area (TPSA) is 84.9 Å². The van der Waals surface area contributed by atoms with Gasteiger partial charge >= 0.3 is 0 Å². The summed E-state index contributed by atoms with van der Waals surface area (Å²) >= 11 is 0. The number of ether oxygens (including phenoxy) is 2. The third-order valence-electron chi connectivity index (χ3n) is 4.33. The summed E-state index contributed by atoms with van der Waals surface area (Å²) in [6.07, 6.45) is 1.84. The molecule has 1 aromatic rings. The van der Waals surface area contributed by atoms with Crippen molar-refractivity contribution in [1.82, 2.24) is 9.62 Å². The second kappa shape index (κ2) is 10.6. The molecule has 150 valence electrons. The molecule has 1 atom stereocenters. The Labute approximate surface area is 161 Å². The lowest BCUT2D eigenvalue weighted by atomic mass is 10.1. The van der Waals surface area contributed by atoms with E-state index in [0.717, 1.165) is 5.56 Å². The quantitative estimate of drug-likeness (QED) is 0.478. The highest BCUT2D eigenvalue weighted by atomic mass is 32.2. The van der Waals surface area contributed by atoms with Crippen LogP contribution in [0, 0.1) is 0 Å². The summed E-state index contributed by atoms with van der Waals surface area (Å²) in [6, 6.07) is 7.24. The molecule has 1 aliphatic heterocycles. The molecule has 0 spiro atoms. The van der Waals surface area contributed by atoms with Crippen molar-refractivity contribution in [2.24, 2.45) is 0 Å². The molecule has 0 aromatic heterocycles. The number of carbonyl (C=O) groups is 1. The summed E-state index contributed by atoms with van der Waals surface area (Å²) in [7, 11) is -3.42. The number of morpholine rings is 1. The summed E-state index contributed by atoms with van der Waals surface area (Å²) < 4.78 is 37.4. The Kier molecular flexibility index (Phi) is 8.43. The number of carbonyl (C=O) groups excluding carboxylic acids is 1. The van der Waals surface area contributed by atoms with E-state index in [1.807, 2.05) is 12.1 Å². The fourth-order valence-electron chi connectivity index (χ4n) is 2.71. The van der Waals surface area contributed by atoms with Crippen LogP contribution in [0.2, 0.25) is 0 Å². The lowest BCUT2D eigenvalue weighted by Gasteiger charge is -2.26. The van der Waals surface area contributed by atoms with Crippen LogP contribution in [0.1, 0.15) is 24.5 Å². The van der Waals surface area contributed by atoms with Gasteiger partial charge in [0.15, 0.2) is 0 Å². The lowest BCUT2D eigenvalue weighted by molar-refractivity contribution is -0.131. The highest BCUT2D eigenvalue weighted by Gasteiger charge is 2.25. The second-order valence-electron chi connectivity index (χ2n) is 6.34. The van der Waals surface area contributed by atoms with Gasteiger partial charge in [-0.25, -0.2) is 8.42 Å². The first-order valence-corrected chi connectivity index (χ1v) is 10.7. The number of hydrogen-bond acceptors (Lipinski definition) is 5. The standard InChI is InChI=1S/C19H28N2O5S/c1-3-4-11-26-16(2)19(22)20-14-17-7-5-6-8-18(17)15-27(23,24)21-9-12-25-13-10-21/h3,5-8,16H,1,4,9-15H2,2H3,(H,20,22). The van der Waals surface area contributed by atoms with Gasteiger partial charge in [-0.2, -0.15) is 4.31 Å². The number of sulfonamides is 1. The van der Waals surface area contributed by atoms with Crippen LogP contribution in [0.4, 0.5) is 0 Å². The van der Waals surface area contributed by atoms with E-state index < -0.39 is 16.1 Å². The van der Waals surface area contributed by atoms with Gasteiger partial charge in [0.1, 0.15) is 6.10 Å². The van der Waals surface area contributed by atoms with E-state index >= 15 is 0 Å². The minimum Gasteiger partial charge on any atom is -0.379 e. The van der Waals surface area contributed by atoms with Crippen molar-refractivity contribution in [3.05, 3.63) is 48.0 Å². The normalized spacial score (nSPS) is 16.6. The summed E-state index contributed by atoms with van der Waals surface area (Å²) in [5.41, 5.74) is 1.46. The number of benzene rings is 1. The second-order valence-corrected chi connectivity index (χ2v) is 8.31. The smallest absolute Gasteiger partial charge is 0.249 e. The van der Waals surface area contributed by atoms with Crippen LogP contribution in [0.15, 0.2) is 36.9 Å². The first-order valence-electron chi connectivity index (χ1n) is 9.06. The molecular formula is C19H28N2O5S. The van der Waals surface area contributed by atoms with Gasteiger partial charge in [-0.3, -0.25) is 4.79 Å².